The van der Waals surface area contributed by atoms with Gasteiger partial charge < -0.3 is 5.32 Å². The molecule has 1 N–H and O–H groups in total. The molecule has 0 amide bonds. The summed E-state index contributed by atoms with van der Waals surface area (Å²) in [7, 11) is 2.10. The van der Waals surface area contributed by atoms with E-state index in [9.17, 15) is 0 Å². The highest BCUT2D eigenvalue weighted by atomic mass is 32.1. The molecule has 0 saturated carbocycles. The number of hydrogen-bond acceptors (Lipinski definition) is 2. The van der Waals surface area contributed by atoms with E-state index in [0.29, 0.717) is 6.04 Å². The van der Waals surface area contributed by atoms with Crippen molar-refractivity contribution in [1.82, 2.24) is 5.32 Å². The molecule has 3 rings (SSSR count). The van der Waals surface area contributed by atoms with Gasteiger partial charge in [0, 0.05) is 15.8 Å². The van der Waals surface area contributed by atoms with Crippen molar-refractivity contribution >= 4 is 11.3 Å². The highest BCUT2D eigenvalue weighted by Gasteiger charge is 2.27. The van der Waals surface area contributed by atoms with E-state index >= 15 is 0 Å². The van der Waals surface area contributed by atoms with Gasteiger partial charge in [-0.15, -0.1) is 11.3 Å². The lowest BCUT2D eigenvalue weighted by Crippen LogP contribution is -2.29. The summed E-state index contributed by atoms with van der Waals surface area (Å²) in [6.45, 7) is 2.19. The quantitative estimate of drug-likeness (QED) is 0.885. The third-order valence-electron chi connectivity index (χ3n) is 4.24. The summed E-state index contributed by atoms with van der Waals surface area (Å²) in [5, 5.41) is 3.54. The van der Waals surface area contributed by atoms with Crippen LogP contribution in [0.5, 0.6) is 0 Å². The fraction of sp³-hybridized carbons (Fsp3) is 0.412. The third-order valence-corrected chi connectivity index (χ3v) is 5.32. The van der Waals surface area contributed by atoms with Gasteiger partial charge in [0.05, 0.1) is 0 Å². The third kappa shape index (κ3) is 2.60. The second-order valence-corrected chi connectivity index (χ2v) is 6.81. The van der Waals surface area contributed by atoms with Crippen molar-refractivity contribution in [2.24, 2.45) is 5.92 Å². The molecule has 2 heteroatoms. The largest absolute Gasteiger partial charge is 0.312 e. The molecule has 19 heavy (non-hydrogen) atoms. The Bertz CT molecular complexity index is 558. The first-order chi connectivity index (χ1) is 9.28. The number of nitrogens with one attached hydrogen (secondary N) is 1. The average molecular weight is 271 g/mol. The monoisotopic (exact) mass is 271 g/mol. The maximum Gasteiger partial charge on any atom is 0.0444 e. The van der Waals surface area contributed by atoms with Gasteiger partial charge in [0.15, 0.2) is 0 Å². The van der Waals surface area contributed by atoms with Crippen molar-refractivity contribution in [1.29, 1.82) is 0 Å². The van der Waals surface area contributed by atoms with E-state index in [4.69, 9.17) is 0 Å². The fourth-order valence-electron chi connectivity index (χ4n) is 3.24. The molecule has 1 aliphatic rings. The first-order valence-corrected chi connectivity index (χ1v) is 7.90. The molecule has 1 aromatic heterocycles. The highest BCUT2D eigenvalue weighted by Crippen LogP contribution is 2.36. The van der Waals surface area contributed by atoms with Crippen LogP contribution in [0, 0.1) is 12.8 Å². The summed E-state index contributed by atoms with van der Waals surface area (Å²) in [6.07, 6.45) is 3.72. The van der Waals surface area contributed by atoms with E-state index < -0.39 is 0 Å². The summed E-state index contributed by atoms with van der Waals surface area (Å²) in [5.41, 5.74) is 3.10. The maximum absolute atomic E-state index is 3.54. The highest BCUT2D eigenvalue weighted by molar-refractivity contribution is 7.12. The summed E-state index contributed by atoms with van der Waals surface area (Å²) in [6, 6.07) is 14.0. The van der Waals surface area contributed by atoms with E-state index in [-0.39, 0.29) is 0 Å². The zero-order valence-corrected chi connectivity index (χ0v) is 12.5. The van der Waals surface area contributed by atoms with Crippen LogP contribution in [0.15, 0.2) is 36.4 Å². The van der Waals surface area contributed by atoms with Gasteiger partial charge in [-0.2, -0.15) is 0 Å². The molecule has 0 fully saturated rings. The van der Waals surface area contributed by atoms with Crippen molar-refractivity contribution in [2.45, 2.75) is 32.2 Å². The Morgan fingerprint density at radius 2 is 1.95 bits per heavy atom. The smallest absolute Gasteiger partial charge is 0.0444 e. The molecule has 0 saturated heterocycles. The van der Waals surface area contributed by atoms with Gasteiger partial charge in [-0.25, -0.2) is 0 Å². The van der Waals surface area contributed by atoms with Crippen molar-refractivity contribution < 1.29 is 0 Å². The van der Waals surface area contributed by atoms with Crippen LogP contribution >= 0.6 is 11.3 Å². The van der Waals surface area contributed by atoms with Crippen LogP contribution in [-0.2, 0) is 12.8 Å². The summed E-state index contributed by atoms with van der Waals surface area (Å²) < 4.78 is 0. The van der Waals surface area contributed by atoms with E-state index in [1.54, 1.807) is 11.1 Å². The van der Waals surface area contributed by atoms with Gasteiger partial charge in [0.25, 0.3) is 0 Å². The Kier molecular flexibility index (Phi) is 3.72. The molecular formula is C17H21NS. The minimum absolute atomic E-state index is 0.507. The first-order valence-electron chi connectivity index (χ1n) is 7.08. The zero-order valence-electron chi connectivity index (χ0n) is 11.6. The number of benzene rings is 1. The Morgan fingerprint density at radius 3 is 2.63 bits per heavy atom. The zero-order chi connectivity index (χ0) is 13.2. The Morgan fingerprint density at radius 1 is 1.16 bits per heavy atom. The lowest BCUT2D eigenvalue weighted by atomic mass is 9.79. The van der Waals surface area contributed by atoms with Crippen LogP contribution in [-0.4, -0.2) is 7.05 Å². The van der Waals surface area contributed by atoms with Crippen molar-refractivity contribution in [2.75, 3.05) is 7.05 Å². The molecule has 1 heterocycles. The predicted molar refractivity (Wildman–Crippen MR) is 82.8 cm³/mol. The van der Waals surface area contributed by atoms with Gasteiger partial charge in [-0.1, -0.05) is 24.3 Å². The lowest BCUT2D eigenvalue weighted by Gasteiger charge is -2.31. The molecule has 0 spiro atoms. The Hall–Kier alpha value is -1.12. The van der Waals surface area contributed by atoms with E-state index in [0.717, 1.165) is 5.92 Å². The Labute approximate surface area is 119 Å². The second-order valence-electron chi connectivity index (χ2n) is 5.49. The topological polar surface area (TPSA) is 12.0 Å². The normalized spacial score (nSPS) is 20.0. The molecule has 2 atom stereocenters. The summed E-state index contributed by atoms with van der Waals surface area (Å²) in [5.74, 6) is 0.720. The van der Waals surface area contributed by atoms with Gasteiger partial charge >= 0.3 is 0 Å². The number of thiophene rings is 1. The molecule has 1 aliphatic carbocycles. The van der Waals surface area contributed by atoms with Crippen LogP contribution in [0.2, 0.25) is 0 Å². The number of hydrogen-bond donors (Lipinski definition) is 1. The molecule has 0 radical (unpaired) electrons. The first kappa shape index (κ1) is 12.9. The van der Waals surface area contributed by atoms with Crippen LogP contribution in [0.4, 0.5) is 0 Å². The van der Waals surface area contributed by atoms with E-state index in [1.165, 1.54) is 29.0 Å². The average Bonchev–Trinajstić information content (AvgIpc) is 2.86. The van der Waals surface area contributed by atoms with Gasteiger partial charge in [0.1, 0.15) is 0 Å². The van der Waals surface area contributed by atoms with Crippen LogP contribution < -0.4 is 5.32 Å². The minimum Gasteiger partial charge on any atom is -0.312 e. The number of aryl methyl sites for hydroxylation is 2. The minimum atomic E-state index is 0.507. The fourth-order valence-corrected chi connectivity index (χ4v) is 4.32. The van der Waals surface area contributed by atoms with Crippen LogP contribution in [0.1, 0.15) is 33.3 Å². The molecule has 1 aromatic carbocycles. The van der Waals surface area contributed by atoms with Crippen LogP contribution in [0.25, 0.3) is 0 Å². The molecule has 0 bridgehead atoms. The van der Waals surface area contributed by atoms with E-state index in [2.05, 4.69) is 55.7 Å². The summed E-state index contributed by atoms with van der Waals surface area (Å²) >= 11 is 1.93. The maximum atomic E-state index is 3.54. The number of rotatable bonds is 3. The molecule has 0 aliphatic heterocycles. The SMILES string of the molecule is CNC(c1ccc(C)s1)C1CCc2ccccc2C1. The van der Waals surface area contributed by atoms with Gasteiger partial charge in [-0.05, 0) is 62.4 Å². The molecule has 1 nitrogen and oxygen atoms in total. The number of fused-ring (bicyclic) bond motifs is 1. The molecule has 100 valence electrons. The summed E-state index contributed by atoms with van der Waals surface area (Å²) in [4.78, 5) is 2.90. The van der Waals surface area contributed by atoms with Crippen LogP contribution in [0.3, 0.4) is 0 Å². The standard InChI is InChI=1S/C17H21NS/c1-12-7-10-16(19-12)17(18-2)15-9-8-13-5-3-4-6-14(13)11-15/h3-7,10,15,17-18H,8-9,11H2,1-2H3. The van der Waals surface area contributed by atoms with Crippen molar-refractivity contribution in [3.8, 4) is 0 Å². The Balaban J connectivity index is 1.83. The van der Waals surface area contributed by atoms with Gasteiger partial charge in [-0.3, -0.25) is 0 Å². The lowest BCUT2D eigenvalue weighted by molar-refractivity contribution is 0.346. The molecule has 2 aromatic rings. The molecular weight excluding hydrogens is 250 g/mol. The van der Waals surface area contributed by atoms with Crippen molar-refractivity contribution in [3.63, 3.8) is 0 Å². The predicted octanol–water partition coefficient (Wildman–Crippen LogP) is 4.12. The van der Waals surface area contributed by atoms with E-state index in [1.807, 2.05) is 11.3 Å². The van der Waals surface area contributed by atoms with Gasteiger partial charge in [0.2, 0.25) is 0 Å². The second kappa shape index (κ2) is 5.48. The molecule has 2 unspecified atom stereocenters. The van der Waals surface area contributed by atoms with Crippen molar-refractivity contribution in [3.05, 3.63) is 57.3 Å².